The van der Waals surface area contributed by atoms with Crippen LogP contribution in [0.5, 0.6) is 0 Å². The number of hydrogen-bond acceptors (Lipinski definition) is 5. The van der Waals surface area contributed by atoms with Gasteiger partial charge in [0.2, 0.25) is 5.95 Å². The summed E-state index contributed by atoms with van der Waals surface area (Å²) in [7, 11) is 0. The molecule has 1 N–H and O–H groups in total. The fourth-order valence-corrected chi connectivity index (χ4v) is 4.70. The number of nitrogens with one attached hydrogen (secondary N) is 1. The molecule has 1 saturated heterocycles. The predicted octanol–water partition coefficient (Wildman–Crippen LogP) is 1.38. The Balaban J connectivity index is 1.93. The molecule has 0 spiro atoms. The fraction of sp³-hybridized carbons (Fsp3) is 0.600. The third-order valence-electron chi connectivity index (χ3n) is 4.52. The maximum atomic E-state index is 12.9. The molecule has 1 aliphatic carbocycles. The lowest BCUT2D eigenvalue weighted by molar-refractivity contribution is 0.561. The van der Waals surface area contributed by atoms with Gasteiger partial charge in [-0.25, -0.2) is 4.98 Å². The van der Waals surface area contributed by atoms with Gasteiger partial charge in [0.25, 0.3) is 5.56 Å². The van der Waals surface area contributed by atoms with Gasteiger partial charge in [-0.05, 0) is 31.7 Å². The van der Waals surface area contributed by atoms with Crippen LogP contribution in [0.3, 0.4) is 0 Å². The second-order valence-electron chi connectivity index (χ2n) is 5.74. The van der Waals surface area contributed by atoms with Gasteiger partial charge >= 0.3 is 0 Å². The van der Waals surface area contributed by atoms with Gasteiger partial charge in [-0.3, -0.25) is 9.36 Å². The monoisotopic (exact) mass is 304 g/mol. The lowest BCUT2D eigenvalue weighted by Gasteiger charge is -2.29. The Morgan fingerprint density at radius 1 is 1.29 bits per heavy atom. The first-order valence-corrected chi connectivity index (χ1v) is 8.62. The van der Waals surface area contributed by atoms with Crippen molar-refractivity contribution in [2.45, 2.75) is 32.7 Å². The van der Waals surface area contributed by atoms with Gasteiger partial charge in [0.05, 0.1) is 5.39 Å². The lowest BCUT2D eigenvalue weighted by Crippen LogP contribution is -2.46. The number of aryl methyl sites for hydroxylation is 2. The summed E-state index contributed by atoms with van der Waals surface area (Å²) in [5.41, 5.74) is 1.44. The second kappa shape index (κ2) is 5.10. The van der Waals surface area contributed by atoms with E-state index in [-0.39, 0.29) is 5.56 Å². The van der Waals surface area contributed by atoms with E-state index in [2.05, 4.69) is 10.2 Å². The quantitative estimate of drug-likeness (QED) is 0.910. The van der Waals surface area contributed by atoms with Crippen molar-refractivity contribution in [2.75, 3.05) is 31.1 Å². The molecule has 0 amide bonds. The van der Waals surface area contributed by atoms with Crippen molar-refractivity contribution < 1.29 is 0 Å². The molecule has 1 aliphatic heterocycles. The Morgan fingerprint density at radius 3 is 2.86 bits per heavy atom. The molecule has 112 valence electrons. The van der Waals surface area contributed by atoms with Gasteiger partial charge in [-0.2, -0.15) is 0 Å². The van der Waals surface area contributed by atoms with Crippen LogP contribution in [0.2, 0.25) is 0 Å². The number of anilines is 1. The average molecular weight is 304 g/mol. The molecule has 0 radical (unpaired) electrons. The van der Waals surface area contributed by atoms with Gasteiger partial charge in [0.15, 0.2) is 0 Å². The van der Waals surface area contributed by atoms with Crippen LogP contribution in [-0.2, 0) is 19.4 Å². The molecule has 21 heavy (non-hydrogen) atoms. The van der Waals surface area contributed by atoms with Gasteiger partial charge in [0.1, 0.15) is 4.83 Å². The Hall–Kier alpha value is -1.40. The van der Waals surface area contributed by atoms with Crippen molar-refractivity contribution in [3.63, 3.8) is 0 Å². The van der Waals surface area contributed by atoms with Crippen molar-refractivity contribution in [3.8, 4) is 0 Å². The third kappa shape index (κ3) is 2.00. The summed E-state index contributed by atoms with van der Waals surface area (Å²) in [5.74, 6) is 0.858. The van der Waals surface area contributed by atoms with Gasteiger partial charge in [-0.1, -0.05) is 0 Å². The van der Waals surface area contributed by atoms with Gasteiger partial charge in [-0.15, -0.1) is 11.3 Å². The minimum Gasteiger partial charge on any atom is -0.340 e. The van der Waals surface area contributed by atoms with Crippen LogP contribution >= 0.6 is 11.3 Å². The highest BCUT2D eigenvalue weighted by Crippen LogP contribution is 2.35. The second-order valence-corrected chi connectivity index (χ2v) is 6.82. The molecule has 0 bridgehead atoms. The van der Waals surface area contributed by atoms with Crippen molar-refractivity contribution in [1.29, 1.82) is 0 Å². The molecule has 1 fully saturated rings. The van der Waals surface area contributed by atoms with Crippen molar-refractivity contribution in [1.82, 2.24) is 14.9 Å². The highest BCUT2D eigenvalue weighted by molar-refractivity contribution is 7.18. The summed E-state index contributed by atoms with van der Waals surface area (Å²) in [5, 5.41) is 4.25. The Morgan fingerprint density at radius 2 is 2.10 bits per heavy atom. The topological polar surface area (TPSA) is 50.2 Å². The maximum Gasteiger partial charge on any atom is 0.263 e. The normalized spacial score (nSPS) is 18.4. The number of aromatic nitrogens is 2. The molecule has 5 nitrogen and oxygen atoms in total. The van der Waals surface area contributed by atoms with E-state index < -0.39 is 0 Å². The van der Waals surface area contributed by atoms with Gasteiger partial charge in [0, 0.05) is 37.6 Å². The first kappa shape index (κ1) is 13.3. The first-order valence-electron chi connectivity index (χ1n) is 7.80. The summed E-state index contributed by atoms with van der Waals surface area (Å²) < 4.78 is 1.86. The van der Waals surface area contributed by atoms with E-state index in [1.807, 2.05) is 11.5 Å². The molecule has 6 heteroatoms. The molecular formula is C15H20N4OS. The smallest absolute Gasteiger partial charge is 0.263 e. The first-order chi connectivity index (χ1) is 10.3. The zero-order chi connectivity index (χ0) is 14.4. The maximum absolute atomic E-state index is 12.9. The Labute approximate surface area is 127 Å². The molecule has 0 saturated carbocycles. The lowest BCUT2D eigenvalue weighted by atomic mass is 10.2. The Kier molecular flexibility index (Phi) is 3.23. The SMILES string of the molecule is CCn1c(N2CCNCC2)nc2sc3c(c2c1=O)CCC3. The van der Waals surface area contributed by atoms with Crippen LogP contribution in [0.15, 0.2) is 4.79 Å². The Bertz CT molecular complexity index is 742. The fourth-order valence-electron chi connectivity index (χ4n) is 3.46. The van der Waals surface area contributed by atoms with Crippen LogP contribution in [0.25, 0.3) is 10.2 Å². The number of hydrogen-bond donors (Lipinski definition) is 1. The van der Waals surface area contributed by atoms with Crippen LogP contribution in [-0.4, -0.2) is 35.7 Å². The number of piperazine rings is 1. The van der Waals surface area contributed by atoms with Crippen LogP contribution in [0, 0.1) is 0 Å². The van der Waals surface area contributed by atoms with Gasteiger partial charge < -0.3 is 10.2 Å². The zero-order valence-corrected chi connectivity index (χ0v) is 13.1. The molecule has 0 unspecified atom stereocenters. The number of fused-ring (bicyclic) bond motifs is 3. The zero-order valence-electron chi connectivity index (χ0n) is 12.3. The summed E-state index contributed by atoms with van der Waals surface area (Å²) in [4.78, 5) is 22.4. The molecule has 4 rings (SSSR count). The van der Waals surface area contributed by atoms with Crippen molar-refractivity contribution in [3.05, 3.63) is 20.8 Å². The summed E-state index contributed by atoms with van der Waals surface area (Å²) >= 11 is 1.73. The van der Waals surface area contributed by atoms with E-state index in [1.54, 1.807) is 11.3 Å². The molecule has 2 aliphatic rings. The molecular weight excluding hydrogens is 284 g/mol. The van der Waals surface area contributed by atoms with E-state index in [4.69, 9.17) is 4.98 Å². The van der Waals surface area contributed by atoms with E-state index in [9.17, 15) is 4.79 Å². The van der Waals surface area contributed by atoms with E-state index in [0.717, 1.165) is 55.2 Å². The number of rotatable bonds is 2. The summed E-state index contributed by atoms with van der Waals surface area (Å²) in [6, 6.07) is 0. The standard InChI is InChI=1S/C15H20N4OS/c1-2-19-14(20)12-10-4-3-5-11(10)21-13(12)17-15(19)18-8-6-16-7-9-18/h16H,2-9H2,1H3. The summed E-state index contributed by atoms with van der Waals surface area (Å²) in [6.07, 6.45) is 3.34. The number of thiophene rings is 1. The number of nitrogens with zero attached hydrogens (tertiary/aromatic N) is 3. The van der Waals surface area contributed by atoms with Crippen LogP contribution < -0.4 is 15.8 Å². The molecule has 0 aromatic carbocycles. The van der Waals surface area contributed by atoms with Crippen molar-refractivity contribution >= 4 is 27.5 Å². The predicted molar refractivity (Wildman–Crippen MR) is 86.7 cm³/mol. The molecule has 3 heterocycles. The van der Waals surface area contributed by atoms with Crippen LogP contribution in [0.4, 0.5) is 5.95 Å². The average Bonchev–Trinajstić information content (AvgIpc) is 3.08. The molecule has 2 aromatic rings. The molecule has 0 atom stereocenters. The van der Waals surface area contributed by atoms with E-state index in [0.29, 0.717) is 6.54 Å². The highest BCUT2D eigenvalue weighted by atomic mass is 32.1. The highest BCUT2D eigenvalue weighted by Gasteiger charge is 2.24. The van der Waals surface area contributed by atoms with E-state index >= 15 is 0 Å². The third-order valence-corrected chi connectivity index (χ3v) is 5.71. The minimum absolute atomic E-state index is 0.162. The van der Waals surface area contributed by atoms with Crippen molar-refractivity contribution in [2.24, 2.45) is 0 Å². The van der Waals surface area contributed by atoms with E-state index in [1.165, 1.54) is 16.9 Å². The minimum atomic E-state index is 0.162. The largest absolute Gasteiger partial charge is 0.340 e. The van der Waals surface area contributed by atoms with Crippen LogP contribution in [0.1, 0.15) is 23.8 Å². The molecule has 2 aromatic heterocycles. The summed E-state index contributed by atoms with van der Waals surface area (Å²) in [6.45, 7) is 6.47.